The summed E-state index contributed by atoms with van der Waals surface area (Å²) in [6, 6.07) is 5.46. The molecule has 0 bridgehead atoms. The van der Waals surface area contributed by atoms with Crippen LogP contribution < -0.4 is 5.32 Å². The highest BCUT2D eigenvalue weighted by Crippen LogP contribution is 2.20. The van der Waals surface area contributed by atoms with Crippen LogP contribution in [0.2, 0.25) is 0 Å². The van der Waals surface area contributed by atoms with Gasteiger partial charge in [-0.2, -0.15) is 0 Å². The first kappa shape index (κ1) is 10.4. The van der Waals surface area contributed by atoms with Gasteiger partial charge in [-0.1, -0.05) is 0 Å². The van der Waals surface area contributed by atoms with Crippen LogP contribution in [-0.2, 0) is 0 Å². The number of fused-ring (bicyclic) bond motifs is 1. The van der Waals surface area contributed by atoms with Gasteiger partial charge in [0, 0.05) is 17.1 Å². The van der Waals surface area contributed by atoms with Gasteiger partial charge < -0.3 is 0 Å². The molecule has 0 saturated heterocycles. The standard InChI is InChI=1S/C11H7N3OS2/c15-10(14-11-12-3-4-16-11)7-1-2-8-9(5-7)17-6-13-8/h1-6H,(H,12,14,15). The van der Waals surface area contributed by atoms with Crippen molar-refractivity contribution in [2.45, 2.75) is 0 Å². The number of amides is 1. The number of aromatic nitrogens is 2. The van der Waals surface area contributed by atoms with E-state index >= 15 is 0 Å². The first-order chi connectivity index (χ1) is 8.33. The highest BCUT2D eigenvalue weighted by Gasteiger charge is 2.08. The van der Waals surface area contributed by atoms with Crippen molar-refractivity contribution in [3.05, 3.63) is 40.8 Å². The summed E-state index contributed by atoms with van der Waals surface area (Å²) in [6.45, 7) is 0. The Morgan fingerprint density at radius 3 is 3.00 bits per heavy atom. The molecule has 1 N–H and O–H groups in total. The molecule has 0 saturated carbocycles. The fraction of sp³-hybridized carbons (Fsp3) is 0. The molecule has 1 amide bonds. The quantitative estimate of drug-likeness (QED) is 0.771. The number of hydrogen-bond donors (Lipinski definition) is 1. The molecule has 0 spiro atoms. The lowest BCUT2D eigenvalue weighted by molar-refractivity contribution is 0.102. The topological polar surface area (TPSA) is 54.9 Å². The van der Waals surface area contributed by atoms with E-state index in [-0.39, 0.29) is 5.91 Å². The van der Waals surface area contributed by atoms with Crippen LogP contribution in [-0.4, -0.2) is 15.9 Å². The number of rotatable bonds is 2. The van der Waals surface area contributed by atoms with Crippen LogP contribution in [0.25, 0.3) is 10.2 Å². The monoisotopic (exact) mass is 261 g/mol. The van der Waals surface area contributed by atoms with Crippen LogP contribution in [0.15, 0.2) is 35.3 Å². The lowest BCUT2D eigenvalue weighted by atomic mass is 10.2. The van der Waals surface area contributed by atoms with Gasteiger partial charge >= 0.3 is 0 Å². The Morgan fingerprint density at radius 2 is 2.18 bits per heavy atom. The van der Waals surface area contributed by atoms with E-state index in [1.807, 2.05) is 17.5 Å². The number of nitrogens with zero attached hydrogens (tertiary/aromatic N) is 2. The molecule has 2 aromatic heterocycles. The Kier molecular flexibility index (Phi) is 2.58. The third-order valence-corrected chi connectivity index (χ3v) is 3.73. The second-order valence-corrected chi connectivity index (χ2v) is 5.11. The van der Waals surface area contributed by atoms with Gasteiger partial charge in [-0.05, 0) is 18.2 Å². The van der Waals surface area contributed by atoms with Gasteiger partial charge in [0.25, 0.3) is 5.91 Å². The van der Waals surface area contributed by atoms with Gasteiger partial charge in [0.05, 0.1) is 15.7 Å². The number of thiazole rings is 2. The Bertz CT molecular complexity index is 660. The van der Waals surface area contributed by atoms with Crippen molar-refractivity contribution in [1.82, 2.24) is 9.97 Å². The highest BCUT2D eigenvalue weighted by molar-refractivity contribution is 7.16. The SMILES string of the molecule is O=C(Nc1nccs1)c1ccc2ncsc2c1. The van der Waals surface area contributed by atoms with Crippen LogP contribution in [0.1, 0.15) is 10.4 Å². The van der Waals surface area contributed by atoms with E-state index in [0.29, 0.717) is 10.7 Å². The first-order valence-corrected chi connectivity index (χ1v) is 6.63. The molecule has 0 radical (unpaired) electrons. The smallest absolute Gasteiger partial charge is 0.257 e. The normalized spacial score (nSPS) is 10.6. The minimum Gasteiger partial charge on any atom is -0.298 e. The minimum absolute atomic E-state index is 0.143. The summed E-state index contributed by atoms with van der Waals surface area (Å²) in [5.74, 6) is -0.143. The zero-order valence-corrected chi connectivity index (χ0v) is 10.2. The van der Waals surface area contributed by atoms with Crippen molar-refractivity contribution in [2.24, 2.45) is 0 Å². The summed E-state index contributed by atoms with van der Waals surface area (Å²) in [4.78, 5) is 20.1. The molecule has 0 unspecified atom stereocenters. The third-order valence-electron chi connectivity index (χ3n) is 2.25. The van der Waals surface area contributed by atoms with Crippen LogP contribution in [0.5, 0.6) is 0 Å². The minimum atomic E-state index is -0.143. The summed E-state index contributed by atoms with van der Waals surface area (Å²) in [7, 11) is 0. The molecular weight excluding hydrogens is 254 g/mol. The number of nitrogens with one attached hydrogen (secondary N) is 1. The van der Waals surface area contributed by atoms with Crippen molar-refractivity contribution in [3.63, 3.8) is 0 Å². The molecule has 1 aromatic carbocycles. The van der Waals surface area contributed by atoms with E-state index in [1.54, 1.807) is 17.8 Å². The van der Waals surface area contributed by atoms with Gasteiger partial charge in [0.15, 0.2) is 5.13 Å². The Balaban J connectivity index is 1.90. The van der Waals surface area contributed by atoms with Crippen molar-refractivity contribution < 1.29 is 4.79 Å². The van der Waals surface area contributed by atoms with Crippen LogP contribution >= 0.6 is 22.7 Å². The van der Waals surface area contributed by atoms with E-state index < -0.39 is 0 Å². The number of anilines is 1. The molecule has 0 fully saturated rings. The largest absolute Gasteiger partial charge is 0.298 e. The second-order valence-electron chi connectivity index (χ2n) is 3.33. The number of carbonyl (C=O) groups is 1. The third kappa shape index (κ3) is 2.04. The van der Waals surface area contributed by atoms with Gasteiger partial charge in [-0.25, -0.2) is 9.97 Å². The maximum atomic E-state index is 11.9. The van der Waals surface area contributed by atoms with E-state index in [2.05, 4.69) is 15.3 Å². The Labute approximate surface area is 105 Å². The van der Waals surface area contributed by atoms with Crippen LogP contribution in [0.4, 0.5) is 5.13 Å². The molecule has 0 aliphatic carbocycles. The Morgan fingerprint density at radius 1 is 1.24 bits per heavy atom. The number of hydrogen-bond acceptors (Lipinski definition) is 5. The molecule has 3 aromatic rings. The molecule has 0 aliphatic rings. The summed E-state index contributed by atoms with van der Waals surface area (Å²) < 4.78 is 1.01. The van der Waals surface area contributed by atoms with E-state index in [9.17, 15) is 4.79 Å². The second kappa shape index (κ2) is 4.23. The fourth-order valence-electron chi connectivity index (χ4n) is 1.45. The number of carbonyl (C=O) groups excluding carboxylic acids is 1. The lowest BCUT2D eigenvalue weighted by Gasteiger charge is -2.01. The first-order valence-electron chi connectivity index (χ1n) is 4.87. The van der Waals surface area contributed by atoms with Crippen LogP contribution in [0, 0.1) is 0 Å². The highest BCUT2D eigenvalue weighted by atomic mass is 32.1. The zero-order chi connectivity index (χ0) is 11.7. The maximum absolute atomic E-state index is 11.9. The molecule has 0 atom stereocenters. The molecule has 2 heterocycles. The molecule has 6 heteroatoms. The molecular formula is C11H7N3OS2. The molecule has 4 nitrogen and oxygen atoms in total. The van der Waals surface area contributed by atoms with Gasteiger partial charge in [0.2, 0.25) is 0 Å². The van der Waals surface area contributed by atoms with E-state index in [0.717, 1.165) is 10.2 Å². The predicted octanol–water partition coefficient (Wildman–Crippen LogP) is 3.01. The van der Waals surface area contributed by atoms with Crippen molar-refractivity contribution in [1.29, 1.82) is 0 Å². The van der Waals surface area contributed by atoms with E-state index in [1.165, 1.54) is 22.7 Å². The molecule has 3 rings (SSSR count). The fourth-order valence-corrected chi connectivity index (χ4v) is 2.69. The summed E-state index contributed by atoms with van der Waals surface area (Å²) in [5.41, 5.74) is 3.31. The average Bonchev–Trinajstić information content (AvgIpc) is 2.97. The Hall–Kier alpha value is -1.79. The summed E-state index contributed by atoms with van der Waals surface area (Å²) in [6.07, 6.45) is 1.66. The number of benzene rings is 1. The van der Waals surface area contributed by atoms with Gasteiger partial charge in [0.1, 0.15) is 0 Å². The molecule has 84 valence electrons. The predicted molar refractivity (Wildman–Crippen MR) is 69.7 cm³/mol. The average molecular weight is 261 g/mol. The molecule has 17 heavy (non-hydrogen) atoms. The van der Waals surface area contributed by atoms with Gasteiger partial charge in [-0.15, -0.1) is 22.7 Å². The van der Waals surface area contributed by atoms with Crippen LogP contribution in [0.3, 0.4) is 0 Å². The maximum Gasteiger partial charge on any atom is 0.257 e. The van der Waals surface area contributed by atoms with E-state index in [4.69, 9.17) is 0 Å². The van der Waals surface area contributed by atoms with Crippen molar-refractivity contribution in [3.8, 4) is 0 Å². The van der Waals surface area contributed by atoms with Gasteiger partial charge in [-0.3, -0.25) is 10.1 Å². The summed E-state index contributed by atoms with van der Waals surface area (Å²) in [5, 5.41) is 5.18. The van der Waals surface area contributed by atoms with Crippen molar-refractivity contribution in [2.75, 3.05) is 5.32 Å². The lowest BCUT2D eigenvalue weighted by Crippen LogP contribution is -2.11. The summed E-state index contributed by atoms with van der Waals surface area (Å²) >= 11 is 2.92. The van der Waals surface area contributed by atoms with Crippen molar-refractivity contribution >= 4 is 43.9 Å². The zero-order valence-electron chi connectivity index (χ0n) is 8.58. The molecule has 0 aliphatic heterocycles.